The average molecular weight is 416 g/mol. The molecule has 0 unspecified atom stereocenters. The predicted octanol–water partition coefficient (Wildman–Crippen LogP) is 2.97. The zero-order valence-electron chi connectivity index (χ0n) is 11.4. The molecule has 0 fully saturated rings. The van der Waals surface area contributed by atoms with E-state index in [-0.39, 0.29) is 17.9 Å². The first-order valence-electron chi connectivity index (χ1n) is 6.02. The predicted molar refractivity (Wildman–Crippen MR) is 86.0 cm³/mol. The van der Waals surface area contributed by atoms with E-state index in [0.29, 0.717) is 26.0 Å². The molecule has 0 aliphatic carbocycles. The van der Waals surface area contributed by atoms with E-state index < -0.39 is 0 Å². The van der Waals surface area contributed by atoms with Crippen LogP contribution in [0.3, 0.4) is 0 Å². The zero-order chi connectivity index (χ0) is 15.6. The number of benzene rings is 1. The molecule has 5 nitrogen and oxygen atoms in total. The summed E-state index contributed by atoms with van der Waals surface area (Å²) >= 11 is 6.51. The molecule has 21 heavy (non-hydrogen) atoms. The van der Waals surface area contributed by atoms with Gasteiger partial charge in [0.1, 0.15) is 10.2 Å². The van der Waals surface area contributed by atoms with Gasteiger partial charge in [-0.15, -0.1) is 0 Å². The van der Waals surface area contributed by atoms with E-state index in [1.165, 1.54) is 10.9 Å². The molecule has 110 valence electrons. The van der Waals surface area contributed by atoms with Crippen LogP contribution in [0.25, 0.3) is 0 Å². The lowest BCUT2D eigenvalue weighted by Gasteiger charge is -2.08. The summed E-state index contributed by atoms with van der Waals surface area (Å²) in [5.74, 6) is 0.460. The number of methoxy groups -OCH3 is 1. The Morgan fingerprint density at radius 3 is 2.71 bits per heavy atom. The van der Waals surface area contributed by atoms with Crippen molar-refractivity contribution < 1.29 is 9.53 Å². The Kier molecular flexibility index (Phi) is 4.95. The maximum atomic E-state index is 12.2. The molecule has 2 aromatic rings. The number of carbonyl (C=O) groups excluding carboxylic acids is 1. The summed E-state index contributed by atoms with van der Waals surface area (Å²) in [6.45, 7) is 1.65. The highest BCUT2D eigenvalue weighted by atomic mass is 79.9. The summed E-state index contributed by atoms with van der Waals surface area (Å²) in [7, 11) is 1.55. The van der Waals surface area contributed by atoms with Gasteiger partial charge in [0, 0.05) is 5.56 Å². The lowest BCUT2D eigenvalue weighted by atomic mass is 10.1. The van der Waals surface area contributed by atoms with Gasteiger partial charge in [-0.1, -0.05) is 0 Å². The van der Waals surface area contributed by atoms with Crippen LogP contribution in [0.5, 0.6) is 5.75 Å². The van der Waals surface area contributed by atoms with Crippen molar-refractivity contribution in [2.45, 2.75) is 13.5 Å². The van der Waals surface area contributed by atoms with Crippen LogP contribution in [0.1, 0.15) is 16.1 Å². The molecule has 0 radical (unpaired) electrons. The third kappa shape index (κ3) is 3.41. The van der Waals surface area contributed by atoms with Crippen molar-refractivity contribution in [3.63, 3.8) is 0 Å². The zero-order valence-corrected chi connectivity index (χ0v) is 14.6. The minimum absolute atomic E-state index is 0.0660. The number of ether oxygens (including phenoxy) is 1. The minimum atomic E-state index is -0.275. The Labute approximate surface area is 138 Å². The maximum absolute atomic E-state index is 12.2. The lowest BCUT2D eigenvalue weighted by molar-refractivity contribution is 0.0970. The van der Waals surface area contributed by atoms with Gasteiger partial charge < -0.3 is 4.74 Å². The molecule has 0 N–H and O–H groups in total. The third-order valence-corrected chi connectivity index (χ3v) is 4.48. The summed E-state index contributed by atoms with van der Waals surface area (Å²) in [4.78, 5) is 28.3. The molecule has 7 heteroatoms. The summed E-state index contributed by atoms with van der Waals surface area (Å²) in [5.41, 5.74) is 0.811. The van der Waals surface area contributed by atoms with Crippen molar-refractivity contribution >= 4 is 37.6 Å². The molecule has 0 saturated carbocycles. The van der Waals surface area contributed by atoms with Crippen molar-refractivity contribution in [1.29, 1.82) is 0 Å². The number of halogens is 2. The number of rotatable bonds is 4. The van der Waals surface area contributed by atoms with Gasteiger partial charge in [-0.25, -0.2) is 4.98 Å². The van der Waals surface area contributed by atoms with Gasteiger partial charge in [0.15, 0.2) is 5.78 Å². The average Bonchev–Trinajstić information content (AvgIpc) is 2.47. The molecule has 2 rings (SSSR count). The summed E-state index contributed by atoms with van der Waals surface area (Å²) in [5, 5.41) is 0. The second kappa shape index (κ2) is 6.53. The highest BCUT2D eigenvalue weighted by Crippen LogP contribution is 2.25. The number of aromatic nitrogens is 2. The van der Waals surface area contributed by atoms with Crippen molar-refractivity contribution in [3.05, 3.63) is 55.1 Å². The topological polar surface area (TPSA) is 61.2 Å². The van der Waals surface area contributed by atoms with E-state index in [2.05, 4.69) is 36.8 Å². The van der Waals surface area contributed by atoms with Crippen molar-refractivity contribution in [1.82, 2.24) is 9.55 Å². The Morgan fingerprint density at radius 2 is 2.10 bits per heavy atom. The first-order chi connectivity index (χ1) is 9.93. The molecule has 1 aromatic carbocycles. The second-order valence-corrected chi connectivity index (χ2v) is 6.00. The van der Waals surface area contributed by atoms with Crippen LogP contribution in [-0.2, 0) is 6.54 Å². The molecule has 1 heterocycles. The van der Waals surface area contributed by atoms with Gasteiger partial charge in [0.2, 0.25) is 0 Å². The number of aryl methyl sites for hydroxylation is 1. The first-order valence-corrected chi connectivity index (χ1v) is 7.61. The van der Waals surface area contributed by atoms with Crippen molar-refractivity contribution in [2.75, 3.05) is 7.11 Å². The van der Waals surface area contributed by atoms with Crippen LogP contribution in [0, 0.1) is 6.92 Å². The fourth-order valence-electron chi connectivity index (χ4n) is 1.74. The van der Waals surface area contributed by atoms with E-state index in [1.54, 1.807) is 32.2 Å². The standard InChI is InChI=1S/C14H12Br2N2O3/c1-8-13(16)14(20)18(7-17-8)6-11(19)9-3-4-12(21-2)10(15)5-9/h3-5,7H,6H2,1-2H3. The molecule has 0 bridgehead atoms. The fourth-order valence-corrected chi connectivity index (χ4v) is 2.62. The number of hydrogen-bond acceptors (Lipinski definition) is 4. The molecule has 0 saturated heterocycles. The van der Waals surface area contributed by atoms with Crippen LogP contribution >= 0.6 is 31.9 Å². The van der Waals surface area contributed by atoms with Crippen LogP contribution in [0.4, 0.5) is 0 Å². The Hall–Kier alpha value is -1.47. The van der Waals surface area contributed by atoms with Crippen molar-refractivity contribution in [2.24, 2.45) is 0 Å². The molecule has 0 amide bonds. The fraction of sp³-hybridized carbons (Fsp3) is 0.214. The number of ketones is 1. The molecule has 0 spiro atoms. The Balaban J connectivity index is 2.28. The highest BCUT2D eigenvalue weighted by Gasteiger charge is 2.12. The van der Waals surface area contributed by atoms with Gasteiger partial charge in [0.05, 0.1) is 30.1 Å². The Bertz CT molecular complexity index is 756. The molecule has 0 aliphatic heterocycles. The van der Waals surface area contributed by atoms with Crippen LogP contribution in [-0.4, -0.2) is 22.4 Å². The summed E-state index contributed by atoms with van der Waals surface area (Å²) in [6.07, 6.45) is 1.37. The number of carbonyl (C=O) groups is 1. The SMILES string of the molecule is COc1ccc(C(=O)Cn2cnc(C)c(Br)c2=O)cc1Br. The van der Waals surface area contributed by atoms with Gasteiger partial charge in [-0.3, -0.25) is 14.2 Å². The van der Waals surface area contributed by atoms with E-state index in [9.17, 15) is 9.59 Å². The van der Waals surface area contributed by atoms with E-state index in [1.807, 2.05) is 0 Å². The van der Waals surface area contributed by atoms with E-state index in [4.69, 9.17) is 4.74 Å². The normalized spacial score (nSPS) is 10.5. The van der Waals surface area contributed by atoms with Gasteiger partial charge >= 0.3 is 0 Å². The van der Waals surface area contributed by atoms with Gasteiger partial charge in [-0.2, -0.15) is 0 Å². The number of hydrogen-bond donors (Lipinski definition) is 0. The van der Waals surface area contributed by atoms with Crippen LogP contribution < -0.4 is 10.3 Å². The monoisotopic (exact) mass is 414 g/mol. The van der Waals surface area contributed by atoms with Crippen molar-refractivity contribution in [3.8, 4) is 5.75 Å². The molecular formula is C14H12Br2N2O3. The minimum Gasteiger partial charge on any atom is -0.496 e. The van der Waals surface area contributed by atoms with Gasteiger partial charge in [-0.05, 0) is 57.0 Å². The maximum Gasteiger partial charge on any atom is 0.268 e. The largest absolute Gasteiger partial charge is 0.496 e. The summed E-state index contributed by atoms with van der Waals surface area (Å²) in [6, 6.07) is 5.03. The third-order valence-electron chi connectivity index (χ3n) is 2.94. The smallest absolute Gasteiger partial charge is 0.268 e. The molecule has 0 aliphatic rings. The van der Waals surface area contributed by atoms with Crippen LogP contribution in [0.15, 0.2) is 38.3 Å². The molecule has 0 atom stereocenters. The Morgan fingerprint density at radius 1 is 1.38 bits per heavy atom. The quantitative estimate of drug-likeness (QED) is 0.720. The first kappa shape index (κ1) is 15.9. The second-order valence-electron chi connectivity index (χ2n) is 4.35. The lowest BCUT2D eigenvalue weighted by Crippen LogP contribution is -2.25. The van der Waals surface area contributed by atoms with E-state index in [0.717, 1.165) is 0 Å². The number of nitrogens with zero attached hydrogens (tertiary/aromatic N) is 2. The highest BCUT2D eigenvalue weighted by molar-refractivity contribution is 9.10. The van der Waals surface area contributed by atoms with Crippen LogP contribution in [0.2, 0.25) is 0 Å². The number of Topliss-reactive ketones (excluding diaryl/α,β-unsaturated/α-hetero) is 1. The van der Waals surface area contributed by atoms with E-state index >= 15 is 0 Å². The van der Waals surface area contributed by atoms with Gasteiger partial charge in [0.25, 0.3) is 5.56 Å². The molecule has 1 aromatic heterocycles. The molecular weight excluding hydrogens is 404 g/mol. The summed E-state index contributed by atoms with van der Waals surface area (Å²) < 4.78 is 7.45.